The van der Waals surface area contributed by atoms with Crippen LogP contribution in [-0.4, -0.2) is 44.5 Å². The number of carboxylic acid groups (broad SMARTS) is 1. The maximum Gasteiger partial charge on any atom is 0.323 e. The number of likely N-dealkylation sites (tertiary alicyclic amines) is 1. The molecular formula is C11H16N4O3S. The number of urea groups is 1. The quantitative estimate of drug-likeness (QED) is 0.875. The highest BCUT2D eigenvalue weighted by atomic mass is 32.1. The number of carbonyl (C=O) groups excluding carboxylic acids is 1. The molecule has 1 unspecified atom stereocenters. The maximum absolute atomic E-state index is 11.9. The lowest BCUT2D eigenvalue weighted by atomic mass is 10.0. The van der Waals surface area contributed by atoms with E-state index >= 15 is 0 Å². The van der Waals surface area contributed by atoms with Crippen LogP contribution in [0.5, 0.6) is 0 Å². The Morgan fingerprint density at radius 2 is 2.37 bits per heavy atom. The molecule has 0 spiro atoms. The fraction of sp³-hybridized carbons (Fsp3) is 0.636. The second kappa shape index (κ2) is 5.96. The molecule has 2 rings (SSSR count). The maximum atomic E-state index is 11.9. The molecule has 1 atom stereocenters. The van der Waals surface area contributed by atoms with Crippen LogP contribution in [0, 0.1) is 12.8 Å². The predicted molar refractivity (Wildman–Crippen MR) is 70.2 cm³/mol. The lowest BCUT2D eigenvalue weighted by molar-refractivity contribution is -0.137. The fourth-order valence-corrected chi connectivity index (χ4v) is 2.66. The molecule has 104 valence electrons. The molecule has 0 aliphatic carbocycles. The van der Waals surface area contributed by atoms with E-state index < -0.39 is 5.97 Å². The van der Waals surface area contributed by atoms with Crippen molar-refractivity contribution >= 4 is 28.7 Å². The fourth-order valence-electron chi connectivity index (χ4n) is 2.10. The molecule has 0 radical (unpaired) electrons. The molecule has 0 saturated carbocycles. The van der Waals surface area contributed by atoms with Gasteiger partial charge in [-0.1, -0.05) is 0 Å². The Balaban J connectivity index is 1.80. The summed E-state index contributed by atoms with van der Waals surface area (Å²) < 4.78 is 3.99. The zero-order valence-corrected chi connectivity index (χ0v) is 11.4. The Bertz CT molecular complexity index is 476. The first-order chi connectivity index (χ1) is 9.04. The summed E-state index contributed by atoms with van der Waals surface area (Å²) in [6.45, 7) is 3.04. The first-order valence-corrected chi connectivity index (χ1v) is 6.90. The van der Waals surface area contributed by atoms with Gasteiger partial charge in [-0.2, -0.15) is 4.37 Å². The number of anilines is 1. The van der Waals surface area contributed by atoms with Crippen molar-refractivity contribution < 1.29 is 14.7 Å². The van der Waals surface area contributed by atoms with Crippen LogP contribution in [0.4, 0.5) is 9.93 Å². The Labute approximate surface area is 114 Å². The topological polar surface area (TPSA) is 95.4 Å². The molecule has 1 aromatic rings. The summed E-state index contributed by atoms with van der Waals surface area (Å²) in [4.78, 5) is 28.2. The van der Waals surface area contributed by atoms with Crippen LogP contribution in [0.3, 0.4) is 0 Å². The SMILES string of the molecule is Cc1nsc(NC(=O)N2CCC(CCC(=O)O)C2)n1. The molecule has 2 N–H and O–H groups in total. The van der Waals surface area contributed by atoms with Gasteiger partial charge in [-0.3, -0.25) is 10.1 Å². The molecule has 1 aliphatic rings. The molecular weight excluding hydrogens is 268 g/mol. The Morgan fingerprint density at radius 3 is 3.00 bits per heavy atom. The average molecular weight is 284 g/mol. The molecule has 0 aromatic carbocycles. The van der Waals surface area contributed by atoms with Crippen LogP contribution in [-0.2, 0) is 4.79 Å². The third kappa shape index (κ3) is 3.88. The summed E-state index contributed by atoms with van der Waals surface area (Å²) in [5, 5.41) is 11.8. The van der Waals surface area contributed by atoms with Gasteiger partial charge in [0.05, 0.1) is 0 Å². The number of hydrogen-bond acceptors (Lipinski definition) is 5. The number of carbonyl (C=O) groups is 2. The van der Waals surface area contributed by atoms with Crippen LogP contribution in [0.1, 0.15) is 25.1 Å². The van der Waals surface area contributed by atoms with Crippen molar-refractivity contribution in [2.45, 2.75) is 26.2 Å². The number of amides is 2. The Hall–Kier alpha value is -1.70. The van der Waals surface area contributed by atoms with Crippen molar-refractivity contribution in [1.82, 2.24) is 14.3 Å². The van der Waals surface area contributed by atoms with E-state index in [2.05, 4.69) is 14.7 Å². The smallest absolute Gasteiger partial charge is 0.323 e. The van der Waals surface area contributed by atoms with Crippen molar-refractivity contribution in [3.8, 4) is 0 Å². The standard InChI is InChI=1S/C11H16N4O3S/c1-7-12-10(19-14-7)13-11(18)15-5-4-8(6-15)2-3-9(16)17/h8H,2-6H2,1H3,(H,16,17)(H,12,13,14,18). The minimum atomic E-state index is -0.785. The zero-order chi connectivity index (χ0) is 13.8. The van der Waals surface area contributed by atoms with Crippen LogP contribution in [0.25, 0.3) is 0 Å². The van der Waals surface area contributed by atoms with Crippen LogP contribution in [0.2, 0.25) is 0 Å². The van der Waals surface area contributed by atoms with Gasteiger partial charge in [-0.05, 0) is 25.7 Å². The van der Waals surface area contributed by atoms with E-state index in [0.29, 0.717) is 30.5 Å². The number of carboxylic acids is 1. The van der Waals surface area contributed by atoms with E-state index in [1.54, 1.807) is 11.8 Å². The molecule has 2 heterocycles. The first-order valence-electron chi connectivity index (χ1n) is 6.12. The number of aryl methyl sites for hydroxylation is 1. The summed E-state index contributed by atoms with van der Waals surface area (Å²) in [6, 6.07) is -0.186. The first kappa shape index (κ1) is 13.7. The average Bonchev–Trinajstić information content (AvgIpc) is 2.95. The van der Waals surface area contributed by atoms with E-state index in [1.807, 2.05) is 0 Å². The number of rotatable bonds is 4. The van der Waals surface area contributed by atoms with Gasteiger partial charge in [0, 0.05) is 31.0 Å². The molecule has 1 fully saturated rings. The summed E-state index contributed by atoms with van der Waals surface area (Å²) in [7, 11) is 0. The monoisotopic (exact) mass is 284 g/mol. The lowest BCUT2D eigenvalue weighted by Gasteiger charge is -2.15. The molecule has 19 heavy (non-hydrogen) atoms. The van der Waals surface area contributed by atoms with E-state index in [-0.39, 0.29) is 18.4 Å². The number of aliphatic carboxylic acids is 1. The minimum Gasteiger partial charge on any atom is -0.481 e. The number of hydrogen-bond donors (Lipinski definition) is 2. The van der Waals surface area contributed by atoms with E-state index in [4.69, 9.17) is 5.11 Å². The third-order valence-electron chi connectivity index (χ3n) is 3.08. The van der Waals surface area contributed by atoms with Gasteiger partial charge in [0.25, 0.3) is 0 Å². The van der Waals surface area contributed by atoms with Crippen molar-refractivity contribution in [3.63, 3.8) is 0 Å². The lowest BCUT2D eigenvalue weighted by Crippen LogP contribution is -2.33. The van der Waals surface area contributed by atoms with Gasteiger partial charge in [0.1, 0.15) is 5.82 Å². The Kier molecular flexibility index (Phi) is 4.31. The van der Waals surface area contributed by atoms with Gasteiger partial charge >= 0.3 is 12.0 Å². The molecule has 8 heteroatoms. The van der Waals surface area contributed by atoms with Crippen molar-refractivity contribution in [3.05, 3.63) is 5.82 Å². The molecule has 2 amide bonds. The van der Waals surface area contributed by atoms with Gasteiger partial charge in [0.2, 0.25) is 5.13 Å². The largest absolute Gasteiger partial charge is 0.481 e. The van der Waals surface area contributed by atoms with Crippen LogP contribution >= 0.6 is 11.5 Å². The van der Waals surface area contributed by atoms with Crippen LogP contribution in [0.15, 0.2) is 0 Å². The molecule has 7 nitrogen and oxygen atoms in total. The molecule has 0 bridgehead atoms. The molecule has 1 aliphatic heterocycles. The summed E-state index contributed by atoms with van der Waals surface area (Å²) in [5.41, 5.74) is 0. The van der Waals surface area contributed by atoms with Crippen molar-refractivity contribution in [1.29, 1.82) is 0 Å². The minimum absolute atomic E-state index is 0.162. The highest BCUT2D eigenvalue weighted by molar-refractivity contribution is 7.09. The number of aromatic nitrogens is 2. The van der Waals surface area contributed by atoms with Crippen molar-refractivity contribution in [2.24, 2.45) is 5.92 Å². The molecule has 1 saturated heterocycles. The van der Waals surface area contributed by atoms with E-state index in [1.165, 1.54) is 0 Å². The van der Waals surface area contributed by atoms with Gasteiger partial charge in [0.15, 0.2) is 0 Å². The van der Waals surface area contributed by atoms with Crippen molar-refractivity contribution in [2.75, 3.05) is 18.4 Å². The zero-order valence-electron chi connectivity index (χ0n) is 10.6. The van der Waals surface area contributed by atoms with E-state index in [9.17, 15) is 9.59 Å². The van der Waals surface area contributed by atoms with Gasteiger partial charge in [-0.15, -0.1) is 0 Å². The Morgan fingerprint density at radius 1 is 1.58 bits per heavy atom. The van der Waals surface area contributed by atoms with Gasteiger partial charge in [-0.25, -0.2) is 9.78 Å². The number of nitrogens with zero attached hydrogens (tertiary/aromatic N) is 3. The predicted octanol–water partition coefficient (Wildman–Crippen LogP) is 1.57. The second-order valence-corrected chi connectivity index (χ2v) is 5.36. The summed E-state index contributed by atoms with van der Waals surface area (Å²) >= 11 is 1.15. The second-order valence-electron chi connectivity index (χ2n) is 4.61. The van der Waals surface area contributed by atoms with Crippen LogP contribution < -0.4 is 5.32 Å². The van der Waals surface area contributed by atoms with E-state index in [0.717, 1.165) is 18.0 Å². The van der Waals surface area contributed by atoms with Gasteiger partial charge < -0.3 is 10.0 Å². The summed E-state index contributed by atoms with van der Waals surface area (Å²) in [6.07, 6.45) is 1.64. The third-order valence-corrected chi connectivity index (χ3v) is 3.80. The normalized spacial score (nSPS) is 18.6. The number of nitrogens with one attached hydrogen (secondary N) is 1. The molecule has 1 aromatic heterocycles. The highest BCUT2D eigenvalue weighted by Crippen LogP contribution is 2.22. The highest BCUT2D eigenvalue weighted by Gasteiger charge is 2.26. The summed E-state index contributed by atoms with van der Waals surface area (Å²) in [5.74, 6) is 0.131.